The molecule has 0 aliphatic heterocycles. The van der Waals surface area contributed by atoms with E-state index < -0.39 is 27.2 Å². The monoisotopic (exact) mass is 993 g/mol. The summed E-state index contributed by atoms with van der Waals surface area (Å²) in [5, 5.41) is 0. The van der Waals surface area contributed by atoms with E-state index in [4.69, 9.17) is 19.7 Å². The molecule has 0 aliphatic rings. The summed E-state index contributed by atoms with van der Waals surface area (Å²) >= 11 is -3.58. The summed E-state index contributed by atoms with van der Waals surface area (Å²) in [5.41, 5.74) is -0.188. The van der Waals surface area contributed by atoms with Crippen LogP contribution in [0.25, 0.3) is 0 Å². The summed E-state index contributed by atoms with van der Waals surface area (Å²) < 4.78 is 37.2. The first-order valence-electron chi connectivity index (χ1n) is 30.0. The zero-order valence-electron chi connectivity index (χ0n) is 45.9. The quantitative estimate of drug-likeness (QED) is 0.0319. The van der Waals surface area contributed by atoms with E-state index in [0.717, 1.165) is 19.3 Å². The maximum atomic E-state index is 12.0. The van der Waals surface area contributed by atoms with Gasteiger partial charge in [0, 0.05) is 0 Å². The summed E-state index contributed by atoms with van der Waals surface area (Å²) in [6.45, 7) is 14.6. The molecule has 8 heteroatoms. The van der Waals surface area contributed by atoms with Gasteiger partial charge in [-0.2, -0.15) is 0 Å². The molecule has 0 aliphatic carbocycles. The first-order valence-corrected chi connectivity index (χ1v) is 33.1. The average molecular weight is 993 g/mol. The molecule has 66 heavy (non-hydrogen) atoms. The van der Waals surface area contributed by atoms with E-state index in [2.05, 4.69) is 41.5 Å². The second-order valence-corrected chi connectivity index (χ2v) is 22.7. The van der Waals surface area contributed by atoms with Gasteiger partial charge in [0.2, 0.25) is 0 Å². The van der Waals surface area contributed by atoms with Crippen LogP contribution >= 0.6 is 8.60 Å². The third-order valence-corrected chi connectivity index (χ3v) is 15.7. The van der Waals surface area contributed by atoms with Gasteiger partial charge in [-0.15, -0.1) is 0 Å². The Bertz CT molecular complexity index is 903. The molecule has 0 bridgehead atoms. The van der Waals surface area contributed by atoms with Crippen molar-refractivity contribution in [1.29, 1.82) is 0 Å². The maximum absolute atomic E-state index is 12.0. The Hall–Kier alpha value is 0.744. The standard InChI is InChI=1S/C58H119O3P.2H2O.O.Ti/c1-7-13-19-25-31-33-34-36-38-44-50-56-60-62(59)61-58(54-48-42-29-23-17-11-5,55-49-43-30-24-18-12-6)57(51-45-39-27-21-15-9-3,52-46-40-28-22-16-10-4)53-47-41-37-35-32-26-20-14-8-2;;;;/h59H,7-56H2,1-6H3;2*1H2;;/q;;;;+2/p-2. The minimum absolute atomic E-state index is 0.111. The molecule has 0 heterocycles. The first kappa shape index (κ1) is 68.8. The molecule has 0 spiro atoms. The Morgan fingerprint density at radius 3 is 0.773 bits per heavy atom. The van der Waals surface area contributed by atoms with E-state index in [1.54, 1.807) is 0 Å². The third kappa shape index (κ3) is 44.7. The number of hydrogen-bond donors (Lipinski definition) is 3. The van der Waals surface area contributed by atoms with Gasteiger partial charge < -0.3 is 13.9 Å². The number of rotatable bonds is 54. The molecule has 0 aromatic heterocycles. The van der Waals surface area contributed by atoms with Crippen LogP contribution < -0.4 is 0 Å². The summed E-state index contributed by atoms with van der Waals surface area (Å²) in [6, 6.07) is 0. The van der Waals surface area contributed by atoms with Crippen molar-refractivity contribution in [3.8, 4) is 0 Å². The van der Waals surface area contributed by atoms with Crippen LogP contribution in [-0.4, -0.2) is 24.5 Å². The van der Waals surface area contributed by atoms with Crippen LogP contribution in [0.15, 0.2) is 0 Å². The molecule has 3 N–H and O–H groups in total. The summed E-state index contributed by atoms with van der Waals surface area (Å²) in [5.74, 6) is 0. The Morgan fingerprint density at radius 2 is 0.530 bits per heavy atom. The molecule has 0 aromatic carbocycles. The Morgan fingerprint density at radius 1 is 0.333 bits per heavy atom. The zero-order chi connectivity index (χ0) is 48.9. The van der Waals surface area contributed by atoms with Crippen LogP contribution in [0.2, 0.25) is 0 Å². The van der Waals surface area contributed by atoms with Crippen LogP contribution in [0, 0.1) is 5.41 Å². The molecule has 0 saturated heterocycles. The van der Waals surface area contributed by atoms with Gasteiger partial charge in [-0.25, -0.2) is 0 Å². The van der Waals surface area contributed by atoms with Crippen molar-refractivity contribution in [3.63, 3.8) is 0 Å². The van der Waals surface area contributed by atoms with E-state index in [9.17, 15) is 4.89 Å². The van der Waals surface area contributed by atoms with E-state index >= 15 is 0 Å². The van der Waals surface area contributed by atoms with Crippen molar-refractivity contribution in [2.45, 2.75) is 362 Å². The second kappa shape index (κ2) is 55.1. The molecular weight excluding hydrogens is 871 g/mol. The Labute approximate surface area is 423 Å². The van der Waals surface area contributed by atoms with Gasteiger partial charge >= 0.3 is 37.9 Å². The second-order valence-electron chi connectivity index (χ2n) is 20.9. The minimum atomic E-state index is -3.58. The van der Waals surface area contributed by atoms with Crippen molar-refractivity contribution in [3.05, 3.63) is 0 Å². The van der Waals surface area contributed by atoms with E-state index in [0.29, 0.717) is 6.61 Å². The van der Waals surface area contributed by atoms with Crippen LogP contribution in [0.1, 0.15) is 356 Å². The van der Waals surface area contributed by atoms with Crippen molar-refractivity contribution in [1.82, 2.24) is 0 Å². The summed E-state index contributed by atoms with van der Waals surface area (Å²) in [4.78, 5) is 12.0. The molecule has 1 unspecified atom stereocenters. The normalized spacial score (nSPS) is 12.4. The van der Waals surface area contributed by atoms with Crippen LogP contribution in [0.3, 0.4) is 0 Å². The van der Waals surface area contributed by atoms with Crippen molar-refractivity contribution >= 4 is 8.60 Å². The van der Waals surface area contributed by atoms with Crippen LogP contribution in [0.4, 0.5) is 0 Å². The predicted molar refractivity (Wildman–Crippen MR) is 287 cm³/mol. The van der Waals surface area contributed by atoms with Gasteiger partial charge in [0.1, 0.15) is 0 Å². The zero-order valence-corrected chi connectivity index (χ0v) is 48.3. The summed E-state index contributed by atoms with van der Waals surface area (Å²) in [6.07, 6.45) is 65.1. The molecule has 0 radical (unpaired) electrons. The van der Waals surface area contributed by atoms with Crippen molar-refractivity contribution in [2.75, 3.05) is 6.61 Å². The molecule has 0 fully saturated rings. The van der Waals surface area contributed by atoms with Crippen molar-refractivity contribution in [2.24, 2.45) is 5.41 Å². The molecule has 398 valence electrons. The van der Waals surface area contributed by atoms with Gasteiger partial charge in [-0.05, 0) is 43.9 Å². The van der Waals surface area contributed by atoms with Gasteiger partial charge in [0.25, 0.3) is 0 Å². The van der Waals surface area contributed by atoms with Crippen LogP contribution in [-0.2, 0) is 31.0 Å². The fraction of sp³-hybridized carbons (Fsp3) is 1.00. The molecule has 1 atom stereocenters. The number of hydrogen-bond acceptors (Lipinski definition) is 4. The third-order valence-electron chi connectivity index (χ3n) is 14.8. The predicted octanol–water partition coefficient (Wildman–Crippen LogP) is 21.0. The van der Waals surface area contributed by atoms with Gasteiger partial charge in [0.15, 0.2) is 0 Å². The molecule has 0 rings (SSSR count). The van der Waals surface area contributed by atoms with Crippen LogP contribution in [0.5, 0.6) is 0 Å². The molecule has 0 aromatic rings. The molecule has 0 amide bonds. The van der Waals surface area contributed by atoms with E-state index in [1.807, 2.05) is 0 Å². The van der Waals surface area contributed by atoms with Gasteiger partial charge in [0.05, 0.1) is 12.2 Å². The van der Waals surface area contributed by atoms with Crippen molar-refractivity contribution < 1.29 is 43.3 Å². The van der Waals surface area contributed by atoms with E-state index in [-0.39, 0.29) is 11.0 Å². The summed E-state index contributed by atoms with van der Waals surface area (Å²) in [7, 11) is -1.92. The SMILES string of the molecule is CCCCCCCCCCCCCOP(O)OC(CCCCCCCC)(CCCCCCCC)C(CCCCCCCC)(CCCCCCCC)CCCCCCCCCCC.[O]=[Ti]([OH])[OH]. The first-order chi connectivity index (χ1) is 32.2. The molecule has 6 nitrogen and oxygen atoms in total. The average Bonchev–Trinajstić information content (AvgIpc) is 3.30. The Balaban J connectivity index is 0. The Kier molecular flexibility index (Phi) is 57.4. The fourth-order valence-electron chi connectivity index (χ4n) is 10.6. The molecular formula is C58H121O6PTi. The van der Waals surface area contributed by atoms with E-state index in [1.165, 1.54) is 295 Å². The van der Waals surface area contributed by atoms with Gasteiger partial charge in [-0.3, -0.25) is 0 Å². The fourth-order valence-corrected chi connectivity index (χ4v) is 11.6. The topological polar surface area (TPSA) is 96.2 Å². The number of unbranched alkanes of at least 4 members (excludes halogenated alkanes) is 38. The molecule has 0 saturated carbocycles. The van der Waals surface area contributed by atoms with Gasteiger partial charge in [-0.1, -0.05) is 318 Å².